The van der Waals surface area contributed by atoms with Crippen LogP contribution >= 0.6 is 11.8 Å². The van der Waals surface area contributed by atoms with Crippen LogP contribution in [0.15, 0.2) is 29.2 Å². The maximum atomic E-state index is 11.5. The predicted molar refractivity (Wildman–Crippen MR) is 62.2 cm³/mol. The van der Waals surface area contributed by atoms with Crippen molar-refractivity contribution in [3.8, 4) is 5.75 Å². The van der Waals surface area contributed by atoms with Gasteiger partial charge in [-0.25, -0.2) is 0 Å². The highest BCUT2D eigenvalue weighted by Gasteiger charge is 2.14. The summed E-state index contributed by atoms with van der Waals surface area (Å²) >= 11 is 1.12. The SMILES string of the molecule is CC(C)(C)NC(=O)Sc1ccc(O)cc1. The number of rotatable bonds is 1. The van der Waals surface area contributed by atoms with Gasteiger partial charge in [0.1, 0.15) is 5.75 Å². The molecular weight excluding hydrogens is 210 g/mol. The summed E-state index contributed by atoms with van der Waals surface area (Å²) in [5, 5.41) is 11.8. The quantitative estimate of drug-likeness (QED) is 0.722. The van der Waals surface area contributed by atoms with E-state index in [9.17, 15) is 4.79 Å². The topological polar surface area (TPSA) is 49.3 Å². The van der Waals surface area contributed by atoms with Gasteiger partial charge in [-0.3, -0.25) is 4.79 Å². The fraction of sp³-hybridized carbons (Fsp3) is 0.364. The average molecular weight is 225 g/mol. The highest BCUT2D eigenvalue weighted by atomic mass is 32.2. The smallest absolute Gasteiger partial charge is 0.284 e. The molecule has 1 amide bonds. The van der Waals surface area contributed by atoms with Gasteiger partial charge in [-0.1, -0.05) is 0 Å². The third-order valence-corrected chi connectivity index (χ3v) is 2.32. The van der Waals surface area contributed by atoms with Crippen LogP contribution in [0.2, 0.25) is 0 Å². The van der Waals surface area contributed by atoms with E-state index in [1.54, 1.807) is 24.3 Å². The number of hydrogen-bond acceptors (Lipinski definition) is 3. The highest BCUT2D eigenvalue weighted by Crippen LogP contribution is 2.21. The van der Waals surface area contributed by atoms with Gasteiger partial charge >= 0.3 is 0 Å². The lowest BCUT2D eigenvalue weighted by atomic mass is 10.1. The van der Waals surface area contributed by atoms with Crippen LogP contribution in [0.4, 0.5) is 4.79 Å². The van der Waals surface area contributed by atoms with E-state index in [1.165, 1.54) is 0 Å². The van der Waals surface area contributed by atoms with E-state index in [1.807, 2.05) is 20.8 Å². The molecule has 1 rings (SSSR count). The minimum Gasteiger partial charge on any atom is -0.508 e. The minimum atomic E-state index is -0.221. The normalized spacial score (nSPS) is 11.1. The number of aromatic hydroxyl groups is 1. The Morgan fingerprint density at radius 2 is 1.80 bits per heavy atom. The van der Waals surface area contributed by atoms with Gasteiger partial charge < -0.3 is 10.4 Å². The Hall–Kier alpha value is -1.16. The first kappa shape index (κ1) is 11.9. The number of nitrogens with one attached hydrogen (secondary N) is 1. The average Bonchev–Trinajstić information content (AvgIpc) is 2.05. The van der Waals surface area contributed by atoms with Crippen molar-refractivity contribution in [2.75, 3.05) is 0 Å². The second kappa shape index (κ2) is 4.57. The van der Waals surface area contributed by atoms with Gasteiger partial charge in [0, 0.05) is 10.4 Å². The van der Waals surface area contributed by atoms with Crippen molar-refractivity contribution in [3.63, 3.8) is 0 Å². The van der Waals surface area contributed by atoms with E-state index in [4.69, 9.17) is 5.11 Å². The largest absolute Gasteiger partial charge is 0.508 e. The molecule has 82 valence electrons. The maximum absolute atomic E-state index is 11.5. The zero-order valence-electron chi connectivity index (χ0n) is 9.07. The van der Waals surface area contributed by atoms with Gasteiger partial charge in [0.05, 0.1) is 0 Å². The van der Waals surface area contributed by atoms with E-state index in [-0.39, 0.29) is 16.5 Å². The van der Waals surface area contributed by atoms with Crippen molar-refractivity contribution in [1.82, 2.24) is 5.32 Å². The molecule has 0 bridgehead atoms. The Labute approximate surface area is 93.9 Å². The molecule has 1 aromatic carbocycles. The number of thioether (sulfide) groups is 1. The van der Waals surface area contributed by atoms with Crippen LogP contribution in [0.25, 0.3) is 0 Å². The molecule has 0 aliphatic heterocycles. The number of benzene rings is 1. The molecule has 0 aliphatic rings. The summed E-state index contributed by atoms with van der Waals surface area (Å²) in [5.74, 6) is 0.204. The summed E-state index contributed by atoms with van der Waals surface area (Å²) in [6.07, 6.45) is 0. The molecule has 2 N–H and O–H groups in total. The molecule has 0 unspecified atom stereocenters. The van der Waals surface area contributed by atoms with E-state index in [0.29, 0.717) is 0 Å². The zero-order chi connectivity index (χ0) is 11.5. The molecule has 0 heterocycles. The summed E-state index contributed by atoms with van der Waals surface area (Å²) in [4.78, 5) is 12.3. The molecule has 0 aliphatic carbocycles. The van der Waals surface area contributed by atoms with Gasteiger partial charge in [-0.05, 0) is 56.8 Å². The Morgan fingerprint density at radius 1 is 1.27 bits per heavy atom. The van der Waals surface area contributed by atoms with Crippen molar-refractivity contribution in [2.24, 2.45) is 0 Å². The van der Waals surface area contributed by atoms with Crippen molar-refractivity contribution in [3.05, 3.63) is 24.3 Å². The van der Waals surface area contributed by atoms with Crippen molar-refractivity contribution >= 4 is 17.0 Å². The van der Waals surface area contributed by atoms with Crippen LogP contribution in [0.1, 0.15) is 20.8 Å². The Balaban J connectivity index is 2.55. The molecule has 4 heteroatoms. The number of phenols is 1. The standard InChI is InChI=1S/C11H15NO2S/c1-11(2,3)12-10(14)15-9-6-4-8(13)5-7-9/h4-7,13H,1-3H3,(H,12,14). The predicted octanol–water partition coefficient (Wildman–Crippen LogP) is 2.99. The molecule has 0 saturated heterocycles. The number of carbonyl (C=O) groups is 1. The van der Waals surface area contributed by atoms with Crippen LogP contribution < -0.4 is 5.32 Å². The summed E-state index contributed by atoms with van der Waals surface area (Å²) in [6, 6.07) is 6.55. The minimum absolute atomic E-state index is 0.0896. The zero-order valence-corrected chi connectivity index (χ0v) is 9.89. The molecular formula is C11H15NO2S. The molecule has 0 saturated carbocycles. The third kappa shape index (κ3) is 4.74. The first-order valence-electron chi connectivity index (χ1n) is 4.66. The Morgan fingerprint density at radius 3 is 2.27 bits per heavy atom. The summed E-state index contributed by atoms with van der Waals surface area (Å²) in [6.45, 7) is 5.80. The fourth-order valence-corrected chi connectivity index (χ4v) is 1.80. The molecule has 0 aromatic heterocycles. The molecule has 0 radical (unpaired) electrons. The molecule has 0 spiro atoms. The Kier molecular flexibility index (Phi) is 3.63. The number of amides is 1. The van der Waals surface area contributed by atoms with Crippen LogP contribution in [-0.4, -0.2) is 15.9 Å². The lowest BCUT2D eigenvalue weighted by Crippen LogP contribution is -2.38. The number of hydrogen-bond donors (Lipinski definition) is 2. The van der Waals surface area contributed by atoms with Crippen LogP contribution in [0, 0.1) is 0 Å². The lowest BCUT2D eigenvalue weighted by molar-refractivity contribution is 0.253. The first-order chi connectivity index (χ1) is 6.87. The van der Waals surface area contributed by atoms with Crippen LogP contribution in [0.5, 0.6) is 5.75 Å². The molecule has 1 aromatic rings. The summed E-state index contributed by atoms with van der Waals surface area (Å²) in [5.41, 5.74) is -0.221. The van der Waals surface area contributed by atoms with Gasteiger partial charge in [0.25, 0.3) is 5.24 Å². The van der Waals surface area contributed by atoms with Crippen molar-refractivity contribution in [1.29, 1.82) is 0 Å². The van der Waals surface area contributed by atoms with E-state index >= 15 is 0 Å². The van der Waals surface area contributed by atoms with Crippen LogP contribution in [0.3, 0.4) is 0 Å². The van der Waals surface area contributed by atoms with Gasteiger partial charge in [-0.2, -0.15) is 0 Å². The second-order valence-electron chi connectivity index (χ2n) is 4.26. The van der Waals surface area contributed by atoms with Crippen molar-refractivity contribution in [2.45, 2.75) is 31.2 Å². The fourth-order valence-electron chi connectivity index (χ4n) is 0.953. The van der Waals surface area contributed by atoms with Gasteiger partial charge in [-0.15, -0.1) is 0 Å². The summed E-state index contributed by atoms with van der Waals surface area (Å²) in [7, 11) is 0. The second-order valence-corrected chi connectivity index (χ2v) is 5.30. The Bertz CT molecular complexity index is 341. The maximum Gasteiger partial charge on any atom is 0.284 e. The van der Waals surface area contributed by atoms with Gasteiger partial charge in [0.2, 0.25) is 0 Å². The number of phenolic OH excluding ortho intramolecular Hbond substituents is 1. The molecule has 3 nitrogen and oxygen atoms in total. The van der Waals surface area contributed by atoms with E-state index in [2.05, 4.69) is 5.32 Å². The lowest BCUT2D eigenvalue weighted by Gasteiger charge is -2.19. The van der Waals surface area contributed by atoms with E-state index in [0.717, 1.165) is 16.7 Å². The molecule has 15 heavy (non-hydrogen) atoms. The van der Waals surface area contributed by atoms with Gasteiger partial charge in [0.15, 0.2) is 0 Å². The first-order valence-corrected chi connectivity index (χ1v) is 5.47. The van der Waals surface area contributed by atoms with E-state index < -0.39 is 0 Å². The third-order valence-electron chi connectivity index (χ3n) is 1.52. The number of carbonyl (C=O) groups excluding carboxylic acids is 1. The summed E-state index contributed by atoms with van der Waals surface area (Å²) < 4.78 is 0. The molecule has 0 fully saturated rings. The highest BCUT2D eigenvalue weighted by molar-refractivity contribution is 8.13. The van der Waals surface area contributed by atoms with Crippen LogP contribution in [-0.2, 0) is 0 Å². The monoisotopic (exact) mass is 225 g/mol. The van der Waals surface area contributed by atoms with Crippen molar-refractivity contribution < 1.29 is 9.90 Å². The molecule has 0 atom stereocenters.